The van der Waals surface area contributed by atoms with E-state index >= 15 is 0 Å². The second-order valence-electron chi connectivity index (χ2n) is 7.85. The van der Waals surface area contributed by atoms with Crippen molar-refractivity contribution in [2.24, 2.45) is 7.05 Å². The highest BCUT2D eigenvalue weighted by Gasteiger charge is 2.21. The third kappa shape index (κ3) is 4.59. The maximum absolute atomic E-state index is 13.0. The lowest BCUT2D eigenvalue weighted by atomic mass is 10.1. The highest BCUT2D eigenvalue weighted by molar-refractivity contribution is 5.96. The van der Waals surface area contributed by atoms with Crippen LogP contribution in [0.15, 0.2) is 67.3 Å². The Morgan fingerprint density at radius 3 is 2.76 bits per heavy atom. The number of fused-ring (bicyclic) bond motifs is 1. The van der Waals surface area contributed by atoms with Gasteiger partial charge in [0.1, 0.15) is 17.9 Å². The van der Waals surface area contributed by atoms with Crippen LogP contribution in [0.5, 0.6) is 11.5 Å². The van der Waals surface area contributed by atoms with Crippen molar-refractivity contribution in [2.45, 2.75) is 19.6 Å². The van der Waals surface area contributed by atoms with Gasteiger partial charge in [0.15, 0.2) is 11.5 Å². The van der Waals surface area contributed by atoms with Gasteiger partial charge in [-0.15, -0.1) is 0 Å². The van der Waals surface area contributed by atoms with Gasteiger partial charge in [-0.1, -0.05) is 30.3 Å². The maximum atomic E-state index is 13.0. The van der Waals surface area contributed by atoms with Gasteiger partial charge in [-0.25, -0.2) is 9.78 Å². The van der Waals surface area contributed by atoms with Gasteiger partial charge in [-0.05, 0) is 23.8 Å². The fraction of sp³-hybridized carbons (Fsp3) is 0.240. The number of imidazole rings is 1. The largest absolute Gasteiger partial charge is 0.490 e. The molecule has 0 N–H and O–H groups in total. The van der Waals surface area contributed by atoms with Crippen molar-refractivity contribution in [1.82, 2.24) is 19.3 Å². The molecule has 0 fully saturated rings. The molecule has 8 nitrogen and oxygen atoms in total. The molecule has 8 heteroatoms. The van der Waals surface area contributed by atoms with Crippen LogP contribution in [0.3, 0.4) is 0 Å². The standard InChI is InChI=1S/C25H24N4O4/c1-28-15-21(24(27-28)19-8-9-22-23(12-19)32-11-5-10-31-22)25(30)33-16-20-13-26-17-29(20)14-18-6-3-2-4-7-18/h2-4,6-9,12-13,15,17H,5,10-11,14,16H2,1H3. The zero-order valence-corrected chi connectivity index (χ0v) is 18.3. The Labute approximate surface area is 191 Å². The van der Waals surface area contributed by atoms with Gasteiger partial charge in [0.25, 0.3) is 0 Å². The van der Waals surface area contributed by atoms with Crippen molar-refractivity contribution < 1.29 is 19.0 Å². The average Bonchev–Trinajstić information content (AvgIpc) is 3.36. The molecule has 2 aromatic carbocycles. The van der Waals surface area contributed by atoms with Gasteiger partial charge in [-0.2, -0.15) is 5.10 Å². The lowest BCUT2D eigenvalue weighted by Crippen LogP contribution is -2.10. The number of esters is 1. The first-order valence-corrected chi connectivity index (χ1v) is 10.8. The van der Waals surface area contributed by atoms with Crippen LogP contribution >= 0.6 is 0 Å². The molecule has 0 radical (unpaired) electrons. The van der Waals surface area contributed by atoms with Crippen LogP contribution in [0.25, 0.3) is 11.3 Å². The number of hydrogen-bond acceptors (Lipinski definition) is 6. The normalized spacial score (nSPS) is 12.9. The van der Waals surface area contributed by atoms with Crippen LogP contribution in [-0.4, -0.2) is 38.5 Å². The van der Waals surface area contributed by atoms with Crippen molar-refractivity contribution >= 4 is 5.97 Å². The zero-order valence-electron chi connectivity index (χ0n) is 18.3. The van der Waals surface area contributed by atoms with Crippen molar-refractivity contribution in [3.8, 4) is 22.8 Å². The minimum Gasteiger partial charge on any atom is -0.490 e. The number of hydrogen-bond donors (Lipinski definition) is 0. The molecule has 1 aliphatic heterocycles. The van der Waals surface area contributed by atoms with Crippen molar-refractivity contribution in [3.63, 3.8) is 0 Å². The quantitative estimate of drug-likeness (QED) is 0.420. The van der Waals surface area contributed by atoms with Crippen LogP contribution in [0.1, 0.15) is 28.0 Å². The van der Waals surface area contributed by atoms with Gasteiger partial charge in [0, 0.05) is 31.8 Å². The molecule has 0 aliphatic carbocycles. The monoisotopic (exact) mass is 444 g/mol. The molecule has 1 aliphatic rings. The van der Waals surface area contributed by atoms with Crippen molar-refractivity contribution in [1.29, 1.82) is 0 Å². The highest BCUT2D eigenvalue weighted by Crippen LogP contribution is 2.35. The topological polar surface area (TPSA) is 80.4 Å². The molecule has 0 amide bonds. The number of nitrogens with zero attached hydrogens (tertiary/aromatic N) is 4. The fourth-order valence-electron chi connectivity index (χ4n) is 3.77. The summed E-state index contributed by atoms with van der Waals surface area (Å²) in [6.45, 7) is 1.98. The molecular formula is C25H24N4O4. The van der Waals surface area contributed by atoms with E-state index in [-0.39, 0.29) is 6.61 Å². The average molecular weight is 444 g/mol. The molecule has 4 aromatic rings. The van der Waals surface area contributed by atoms with E-state index in [0.29, 0.717) is 42.5 Å². The molecule has 0 atom stereocenters. The minimum atomic E-state index is -0.447. The van der Waals surface area contributed by atoms with Gasteiger partial charge >= 0.3 is 5.97 Å². The van der Waals surface area contributed by atoms with Crippen LogP contribution in [0, 0.1) is 0 Å². The van der Waals surface area contributed by atoms with E-state index < -0.39 is 5.97 Å². The number of rotatable bonds is 6. The fourth-order valence-corrected chi connectivity index (χ4v) is 3.77. The van der Waals surface area contributed by atoms with E-state index in [1.54, 1.807) is 30.5 Å². The second-order valence-corrected chi connectivity index (χ2v) is 7.85. The number of aryl methyl sites for hydroxylation is 1. The summed E-state index contributed by atoms with van der Waals surface area (Å²) < 4.78 is 20.7. The maximum Gasteiger partial charge on any atom is 0.342 e. The van der Waals surface area contributed by atoms with Crippen molar-refractivity contribution in [2.75, 3.05) is 13.2 Å². The van der Waals surface area contributed by atoms with Gasteiger partial charge in [0.2, 0.25) is 0 Å². The lowest BCUT2D eigenvalue weighted by molar-refractivity contribution is 0.0465. The SMILES string of the molecule is Cn1cc(C(=O)OCc2cncn2Cc2ccccc2)c(-c2ccc3c(c2)OCCCO3)n1. The van der Waals surface area contributed by atoms with E-state index in [4.69, 9.17) is 14.2 Å². The third-order valence-electron chi connectivity index (χ3n) is 5.42. The summed E-state index contributed by atoms with van der Waals surface area (Å²) in [5, 5.41) is 4.49. The summed E-state index contributed by atoms with van der Waals surface area (Å²) in [6, 6.07) is 15.7. The van der Waals surface area contributed by atoms with E-state index in [2.05, 4.69) is 10.1 Å². The summed E-state index contributed by atoms with van der Waals surface area (Å²) in [7, 11) is 1.78. The molecule has 2 aromatic heterocycles. The van der Waals surface area contributed by atoms with E-state index in [9.17, 15) is 4.79 Å². The Kier molecular flexibility index (Phi) is 5.80. The summed E-state index contributed by atoms with van der Waals surface area (Å²) in [5.41, 5.74) is 3.65. The zero-order chi connectivity index (χ0) is 22.6. The Bertz CT molecular complexity index is 1260. The molecule has 5 rings (SSSR count). The molecule has 0 saturated heterocycles. The summed E-state index contributed by atoms with van der Waals surface area (Å²) in [5.74, 6) is 0.903. The van der Waals surface area contributed by atoms with Gasteiger partial charge in [-0.3, -0.25) is 4.68 Å². The molecule has 168 valence electrons. The van der Waals surface area contributed by atoms with Gasteiger partial charge < -0.3 is 18.8 Å². The molecule has 0 unspecified atom stereocenters. The van der Waals surface area contributed by atoms with E-state index in [1.807, 2.05) is 53.1 Å². The van der Waals surface area contributed by atoms with Crippen LogP contribution in [0.4, 0.5) is 0 Å². The molecule has 33 heavy (non-hydrogen) atoms. The summed E-state index contributed by atoms with van der Waals surface area (Å²) in [4.78, 5) is 17.2. The Balaban J connectivity index is 1.33. The Morgan fingerprint density at radius 1 is 1.09 bits per heavy atom. The van der Waals surface area contributed by atoms with E-state index in [0.717, 1.165) is 23.2 Å². The number of carbonyl (C=O) groups excluding carboxylic acids is 1. The molecule has 0 spiro atoms. The smallest absolute Gasteiger partial charge is 0.342 e. The first kappa shape index (κ1) is 20.8. The third-order valence-corrected chi connectivity index (χ3v) is 5.42. The van der Waals surface area contributed by atoms with Crippen LogP contribution in [0.2, 0.25) is 0 Å². The number of benzene rings is 2. The van der Waals surface area contributed by atoms with Crippen LogP contribution in [-0.2, 0) is 24.9 Å². The first-order chi connectivity index (χ1) is 16.2. The predicted octanol–water partition coefficient (Wildman–Crippen LogP) is 3.85. The predicted molar refractivity (Wildman–Crippen MR) is 121 cm³/mol. The molecule has 3 heterocycles. The Morgan fingerprint density at radius 2 is 1.91 bits per heavy atom. The molecule has 0 saturated carbocycles. The summed E-state index contributed by atoms with van der Waals surface area (Å²) >= 11 is 0. The second kappa shape index (κ2) is 9.20. The number of carbonyl (C=O) groups is 1. The minimum absolute atomic E-state index is 0.112. The molecule has 0 bridgehead atoms. The lowest BCUT2D eigenvalue weighted by Gasteiger charge is -2.10. The first-order valence-electron chi connectivity index (χ1n) is 10.8. The van der Waals surface area contributed by atoms with Crippen molar-refractivity contribution in [3.05, 3.63) is 84.1 Å². The number of ether oxygens (including phenoxy) is 3. The van der Waals surface area contributed by atoms with Crippen LogP contribution < -0.4 is 9.47 Å². The molecular weight excluding hydrogens is 420 g/mol. The Hall–Kier alpha value is -4.07. The highest BCUT2D eigenvalue weighted by atomic mass is 16.5. The number of aromatic nitrogens is 4. The van der Waals surface area contributed by atoms with E-state index in [1.165, 1.54) is 0 Å². The summed E-state index contributed by atoms with van der Waals surface area (Å²) in [6.07, 6.45) is 5.95. The van der Waals surface area contributed by atoms with Gasteiger partial charge in [0.05, 0.1) is 31.4 Å².